The minimum absolute atomic E-state index is 0.233. The molecule has 0 aliphatic carbocycles. The zero-order valence-corrected chi connectivity index (χ0v) is 8.14. The molecule has 0 aromatic heterocycles. The second-order valence-corrected chi connectivity index (χ2v) is 3.45. The van der Waals surface area contributed by atoms with Crippen molar-refractivity contribution in [3.05, 3.63) is 34.3 Å². The highest BCUT2D eigenvalue weighted by atomic mass is 79.9. The highest BCUT2D eigenvalue weighted by Gasteiger charge is 2.04. The van der Waals surface area contributed by atoms with Crippen molar-refractivity contribution < 1.29 is 5.11 Å². The summed E-state index contributed by atoms with van der Waals surface area (Å²) in [5.41, 5.74) is 0.842. The molecule has 1 nitrogen and oxygen atoms in total. The Morgan fingerprint density at radius 2 is 2.27 bits per heavy atom. The minimum atomic E-state index is -0.561. The lowest BCUT2D eigenvalue weighted by Gasteiger charge is -2.06. The summed E-state index contributed by atoms with van der Waals surface area (Å²) in [6, 6.07) is 7.48. The summed E-state index contributed by atoms with van der Waals surface area (Å²) in [6.45, 7) is 0. The van der Waals surface area contributed by atoms with Crippen molar-refractivity contribution >= 4 is 27.5 Å². The van der Waals surface area contributed by atoms with Crippen molar-refractivity contribution in [2.24, 2.45) is 0 Å². The van der Waals surface area contributed by atoms with Gasteiger partial charge in [-0.3, -0.25) is 0 Å². The molecule has 11 heavy (non-hydrogen) atoms. The lowest BCUT2D eigenvalue weighted by Crippen LogP contribution is -1.97. The highest BCUT2D eigenvalue weighted by Crippen LogP contribution is 2.18. The van der Waals surface area contributed by atoms with Crippen LogP contribution in [0.25, 0.3) is 0 Å². The second-order valence-electron chi connectivity index (χ2n) is 2.23. The van der Waals surface area contributed by atoms with Gasteiger partial charge in [-0.2, -0.15) is 0 Å². The maximum Gasteiger partial charge on any atom is 0.0925 e. The molecular weight excluding hydrogens is 227 g/mol. The number of benzene rings is 1. The fourth-order valence-electron chi connectivity index (χ4n) is 0.803. The molecule has 1 rings (SSSR count). The number of aliphatic hydroxyl groups excluding tert-OH is 1. The van der Waals surface area contributed by atoms with Crippen LogP contribution >= 0.6 is 27.5 Å². The van der Waals surface area contributed by atoms with E-state index in [9.17, 15) is 5.11 Å². The van der Waals surface area contributed by atoms with E-state index in [1.807, 2.05) is 24.3 Å². The van der Waals surface area contributed by atoms with Crippen molar-refractivity contribution in [3.8, 4) is 0 Å². The molecule has 0 aliphatic heterocycles. The summed E-state index contributed by atoms with van der Waals surface area (Å²) in [6.07, 6.45) is -0.561. The van der Waals surface area contributed by atoms with E-state index in [4.69, 9.17) is 11.6 Å². The predicted octanol–water partition coefficient (Wildman–Crippen LogP) is 2.72. The fraction of sp³-hybridized carbons (Fsp3) is 0.250. The molecule has 1 N–H and O–H groups in total. The quantitative estimate of drug-likeness (QED) is 0.782. The summed E-state index contributed by atoms with van der Waals surface area (Å²) in [7, 11) is 0. The monoisotopic (exact) mass is 234 g/mol. The molecule has 0 saturated carbocycles. The Morgan fingerprint density at radius 3 is 2.82 bits per heavy atom. The van der Waals surface area contributed by atoms with Crippen LogP contribution in [0.5, 0.6) is 0 Å². The summed E-state index contributed by atoms with van der Waals surface area (Å²) in [5.74, 6) is 0.233. The first-order valence-corrected chi connectivity index (χ1v) is 4.56. The van der Waals surface area contributed by atoms with Crippen LogP contribution in [0.3, 0.4) is 0 Å². The van der Waals surface area contributed by atoms with Gasteiger partial charge in [-0.05, 0) is 17.7 Å². The van der Waals surface area contributed by atoms with Crippen LogP contribution in [0.1, 0.15) is 11.7 Å². The number of hydrogen-bond donors (Lipinski definition) is 1. The van der Waals surface area contributed by atoms with E-state index >= 15 is 0 Å². The fourth-order valence-corrected chi connectivity index (χ4v) is 1.40. The van der Waals surface area contributed by atoms with E-state index in [2.05, 4.69) is 15.9 Å². The number of alkyl halides is 1. The molecule has 1 aromatic rings. The van der Waals surface area contributed by atoms with Crippen LogP contribution in [-0.2, 0) is 0 Å². The Balaban J connectivity index is 2.86. The highest BCUT2D eigenvalue weighted by molar-refractivity contribution is 9.10. The van der Waals surface area contributed by atoms with Gasteiger partial charge in [-0.1, -0.05) is 28.1 Å². The Kier molecular flexibility index (Phi) is 3.37. The maximum atomic E-state index is 9.30. The van der Waals surface area contributed by atoms with Gasteiger partial charge in [0.2, 0.25) is 0 Å². The molecule has 0 unspecified atom stereocenters. The van der Waals surface area contributed by atoms with Gasteiger partial charge in [0.25, 0.3) is 0 Å². The Morgan fingerprint density at radius 1 is 1.55 bits per heavy atom. The van der Waals surface area contributed by atoms with E-state index in [0.717, 1.165) is 10.0 Å². The maximum absolute atomic E-state index is 9.30. The first kappa shape index (κ1) is 9.04. The van der Waals surface area contributed by atoms with E-state index in [-0.39, 0.29) is 5.88 Å². The smallest absolute Gasteiger partial charge is 0.0925 e. The number of halogens is 2. The van der Waals surface area contributed by atoms with Gasteiger partial charge in [-0.25, -0.2) is 0 Å². The molecule has 3 heteroatoms. The third-order valence-electron chi connectivity index (χ3n) is 1.38. The average Bonchev–Trinajstić information content (AvgIpc) is 2.03. The molecule has 1 aromatic carbocycles. The zero-order chi connectivity index (χ0) is 8.27. The second kappa shape index (κ2) is 4.10. The largest absolute Gasteiger partial charge is 0.387 e. The Bertz CT molecular complexity index is 239. The summed E-state index contributed by atoms with van der Waals surface area (Å²) in [4.78, 5) is 0. The minimum Gasteiger partial charge on any atom is -0.387 e. The average molecular weight is 236 g/mol. The summed E-state index contributed by atoms with van der Waals surface area (Å²) < 4.78 is 0.958. The SMILES string of the molecule is O[C@@H](CCl)c1cccc(Br)c1. The van der Waals surface area contributed by atoms with Gasteiger partial charge < -0.3 is 5.11 Å². The van der Waals surface area contributed by atoms with Crippen molar-refractivity contribution in [1.82, 2.24) is 0 Å². The summed E-state index contributed by atoms with van der Waals surface area (Å²) >= 11 is 8.78. The molecule has 1 atom stereocenters. The standard InChI is InChI=1S/C8H8BrClO/c9-7-3-1-2-6(4-7)8(11)5-10/h1-4,8,11H,5H2/t8-/m0/s1. The molecular formula is C8H8BrClO. The molecule has 0 bridgehead atoms. The van der Waals surface area contributed by atoms with Crippen molar-refractivity contribution in [2.75, 3.05) is 5.88 Å². The molecule has 60 valence electrons. The van der Waals surface area contributed by atoms with Crippen molar-refractivity contribution in [3.63, 3.8) is 0 Å². The van der Waals surface area contributed by atoms with Gasteiger partial charge in [-0.15, -0.1) is 11.6 Å². The van der Waals surface area contributed by atoms with Crippen molar-refractivity contribution in [2.45, 2.75) is 6.10 Å². The van der Waals surface area contributed by atoms with E-state index in [1.54, 1.807) is 0 Å². The van der Waals surface area contributed by atoms with Crippen LogP contribution in [0, 0.1) is 0 Å². The van der Waals surface area contributed by atoms with Gasteiger partial charge in [0.15, 0.2) is 0 Å². The van der Waals surface area contributed by atoms with E-state index in [1.165, 1.54) is 0 Å². The first-order chi connectivity index (χ1) is 5.24. The van der Waals surface area contributed by atoms with Gasteiger partial charge in [0.1, 0.15) is 0 Å². The molecule has 0 aliphatic rings. The van der Waals surface area contributed by atoms with Gasteiger partial charge >= 0.3 is 0 Å². The normalized spacial score (nSPS) is 13.0. The molecule has 0 heterocycles. The Hall–Kier alpha value is -0.0500. The molecule has 0 saturated heterocycles. The van der Waals surface area contributed by atoms with Crippen LogP contribution in [0.15, 0.2) is 28.7 Å². The Labute approximate surface area is 79.1 Å². The predicted molar refractivity (Wildman–Crippen MR) is 49.8 cm³/mol. The van der Waals surface area contributed by atoms with Crippen LogP contribution in [0.4, 0.5) is 0 Å². The van der Waals surface area contributed by atoms with E-state index < -0.39 is 6.10 Å². The molecule has 0 radical (unpaired) electrons. The van der Waals surface area contributed by atoms with Crippen LogP contribution in [0.2, 0.25) is 0 Å². The van der Waals surface area contributed by atoms with Gasteiger partial charge in [0.05, 0.1) is 12.0 Å². The number of hydrogen-bond acceptors (Lipinski definition) is 1. The number of aliphatic hydroxyl groups is 1. The van der Waals surface area contributed by atoms with Crippen molar-refractivity contribution in [1.29, 1.82) is 0 Å². The first-order valence-electron chi connectivity index (χ1n) is 3.23. The van der Waals surface area contributed by atoms with Crippen LogP contribution < -0.4 is 0 Å². The van der Waals surface area contributed by atoms with Crippen LogP contribution in [-0.4, -0.2) is 11.0 Å². The van der Waals surface area contributed by atoms with E-state index in [0.29, 0.717) is 0 Å². The third kappa shape index (κ3) is 2.47. The summed E-state index contributed by atoms with van der Waals surface area (Å²) in [5, 5.41) is 9.30. The molecule has 0 spiro atoms. The molecule has 0 fully saturated rings. The lowest BCUT2D eigenvalue weighted by molar-refractivity contribution is 0.202. The third-order valence-corrected chi connectivity index (χ3v) is 2.17. The van der Waals surface area contributed by atoms with Gasteiger partial charge in [0, 0.05) is 4.47 Å². The number of rotatable bonds is 2. The topological polar surface area (TPSA) is 20.2 Å². The molecule has 0 amide bonds. The zero-order valence-electron chi connectivity index (χ0n) is 5.80. The lowest BCUT2D eigenvalue weighted by atomic mass is 10.1.